The molecule has 1 aromatic carbocycles. The average Bonchev–Trinajstić information content (AvgIpc) is 2.34. The van der Waals surface area contributed by atoms with Crippen molar-refractivity contribution in [1.82, 2.24) is 4.98 Å². The van der Waals surface area contributed by atoms with Gasteiger partial charge in [-0.15, -0.1) is 0 Å². The molecule has 0 atom stereocenters. The van der Waals surface area contributed by atoms with Gasteiger partial charge in [-0.05, 0) is 30.7 Å². The summed E-state index contributed by atoms with van der Waals surface area (Å²) in [7, 11) is 0. The van der Waals surface area contributed by atoms with Crippen LogP contribution in [-0.4, -0.2) is 10.9 Å². The SMILES string of the molecule is Cc1ccc(NC(=O)c2cnccc2Cl)cc1Cl. The molecular weight excluding hydrogens is 271 g/mol. The number of nitrogens with one attached hydrogen (secondary N) is 1. The van der Waals surface area contributed by atoms with E-state index >= 15 is 0 Å². The zero-order chi connectivity index (χ0) is 13.1. The molecule has 0 unspecified atom stereocenters. The Bertz CT molecular complexity index is 599. The van der Waals surface area contributed by atoms with Crippen molar-refractivity contribution < 1.29 is 4.79 Å². The third kappa shape index (κ3) is 2.81. The highest BCUT2D eigenvalue weighted by atomic mass is 35.5. The number of carbonyl (C=O) groups is 1. The maximum absolute atomic E-state index is 12.0. The minimum atomic E-state index is -0.312. The van der Waals surface area contributed by atoms with Crippen LogP contribution in [0.15, 0.2) is 36.7 Å². The number of aryl methyl sites for hydroxylation is 1. The smallest absolute Gasteiger partial charge is 0.258 e. The highest BCUT2D eigenvalue weighted by Gasteiger charge is 2.10. The van der Waals surface area contributed by atoms with Crippen LogP contribution in [0.25, 0.3) is 0 Å². The molecule has 2 aromatic rings. The molecular formula is C13H10Cl2N2O. The van der Waals surface area contributed by atoms with Gasteiger partial charge in [0, 0.05) is 23.1 Å². The van der Waals surface area contributed by atoms with Gasteiger partial charge in [0.1, 0.15) is 0 Å². The molecule has 0 saturated carbocycles. The summed E-state index contributed by atoms with van der Waals surface area (Å²) >= 11 is 11.9. The largest absolute Gasteiger partial charge is 0.322 e. The van der Waals surface area contributed by atoms with Crippen LogP contribution in [0.2, 0.25) is 10.0 Å². The van der Waals surface area contributed by atoms with Crippen molar-refractivity contribution in [3.05, 3.63) is 57.8 Å². The maximum atomic E-state index is 12.0. The molecule has 1 heterocycles. The first-order valence-corrected chi connectivity index (χ1v) is 6.00. The van der Waals surface area contributed by atoms with Crippen LogP contribution < -0.4 is 5.32 Å². The molecule has 0 fully saturated rings. The van der Waals surface area contributed by atoms with Crippen LogP contribution in [0.4, 0.5) is 5.69 Å². The number of hydrogen-bond acceptors (Lipinski definition) is 2. The summed E-state index contributed by atoms with van der Waals surface area (Å²) in [5, 5.41) is 3.68. The summed E-state index contributed by atoms with van der Waals surface area (Å²) in [6.07, 6.45) is 2.95. The Labute approximate surface area is 115 Å². The average molecular weight is 281 g/mol. The van der Waals surface area contributed by atoms with Gasteiger partial charge in [-0.25, -0.2) is 0 Å². The third-order valence-electron chi connectivity index (χ3n) is 2.44. The summed E-state index contributed by atoms with van der Waals surface area (Å²) < 4.78 is 0. The Hall–Kier alpha value is -1.58. The standard InChI is InChI=1S/C13H10Cl2N2O/c1-8-2-3-9(6-12(8)15)17-13(18)10-7-16-5-4-11(10)14/h2-7H,1H3,(H,17,18). The van der Waals surface area contributed by atoms with E-state index in [1.165, 1.54) is 12.4 Å². The summed E-state index contributed by atoms with van der Waals surface area (Å²) in [6, 6.07) is 6.88. The van der Waals surface area contributed by atoms with E-state index in [1.54, 1.807) is 18.2 Å². The van der Waals surface area contributed by atoms with E-state index in [4.69, 9.17) is 23.2 Å². The molecule has 1 aromatic heterocycles. The minimum absolute atomic E-state index is 0.312. The van der Waals surface area contributed by atoms with E-state index in [-0.39, 0.29) is 5.91 Å². The van der Waals surface area contributed by atoms with Crippen molar-refractivity contribution >= 4 is 34.8 Å². The second kappa shape index (κ2) is 5.38. The number of anilines is 1. The third-order valence-corrected chi connectivity index (χ3v) is 3.18. The van der Waals surface area contributed by atoms with Crippen LogP contribution in [0.3, 0.4) is 0 Å². The molecule has 0 aliphatic rings. The van der Waals surface area contributed by atoms with Crippen molar-refractivity contribution in [2.45, 2.75) is 6.92 Å². The molecule has 92 valence electrons. The number of rotatable bonds is 2. The van der Waals surface area contributed by atoms with Gasteiger partial charge < -0.3 is 5.32 Å². The number of nitrogens with zero attached hydrogens (tertiary/aromatic N) is 1. The number of hydrogen-bond donors (Lipinski definition) is 1. The van der Waals surface area contributed by atoms with Gasteiger partial charge in [-0.1, -0.05) is 29.3 Å². The Morgan fingerprint density at radius 1 is 1.22 bits per heavy atom. The number of benzene rings is 1. The first-order valence-electron chi connectivity index (χ1n) is 5.25. The summed E-state index contributed by atoms with van der Waals surface area (Å²) in [5.74, 6) is -0.312. The van der Waals surface area contributed by atoms with E-state index in [9.17, 15) is 4.79 Å². The number of halogens is 2. The van der Waals surface area contributed by atoms with Gasteiger partial charge in [-0.2, -0.15) is 0 Å². The lowest BCUT2D eigenvalue weighted by Crippen LogP contribution is -2.12. The normalized spacial score (nSPS) is 10.2. The molecule has 0 radical (unpaired) electrons. The van der Waals surface area contributed by atoms with Gasteiger partial charge in [0.25, 0.3) is 5.91 Å². The molecule has 0 bridgehead atoms. The van der Waals surface area contributed by atoms with E-state index < -0.39 is 0 Å². The molecule has 0 saturated heterocycles. The quantitative estimate of drug-likeness (QED) is 0.905. The van der Waals surface area contributed by atoms with E-state index in [0.717, 1.165) is 5.56 Å². The van der Waals surface area contributed by atoms with Crippen molar-refractivity contribution in [3.63, 3.8) is 0 Å². The summed E-state index contributed by atoms with van der Waals surface area (Å²) in [5.41, 5.74) is 1.90. The van der Waals surface area contributed by atoms with Crippen molar-refractivity contribution in [3.8, 4) is 0 Å². The highest BCUT2D eigenvalue weighted by Crippen LogP contribution is 2.21. The fraction of sp³-hybridized carbons (Fsp3) is 0.0769. The van der Waals surface area contributed by atoms with Gasteiger partial charge >= 0.3 is 0 Å². The van der Waals surface area contributed by atoms with Gasteiger partial charge in [0.15, 0.2) is 0 Å². The van der Waals surface area contributed by atoms with E-state index in [0.29, 0.717) is 21.3 Å². The van der Waals surface area contributed by atoms with E-state index in [1.807, 2.05) is 13.0 Å². The lowest BCUT2D eigenvalue weighted by Gasteiger charge is -2.07. The number of amides is 1. The maximum Gasteiger partial charge on any atom is 0.258 e. The molecule has 18 heavy (non-hydrogen) atoms. The topological polar surface area (TPSA) is 42.0 Å². The zero-order valence-electron chi connectivity index (χ0n) is 9.58. The first kappa shape index (κ1) is 12.9. The van der Waals surface area contributed by atoms with Crippen LogP contribution in [-0.2, 0) is 0 Å². The predicted molar refractivity (Wildman–Crippen MR) is 73.4 cm³/mol. The molecule has 5 heteroatoms. The molecule has 2 rings (SSSR count). The van der Waals surface area contributed by atoms with E-state index in [2.05, 4.69) is 10.3 Å². The Kier molecular flexibility index (Phi) is 3.84. The monoisotopic (exact) mass is 280 g/mol. The van der Waals surface area contributed by atoms with Crippen molar-refractivity contribution in [2.75, 3.05) is 5.32 Å². The second-order valence-electron chi connectivity index (χ2n) is 3.77. The number of pyridine rings is 1. The van der Waals surface area contributed by atoms with Crippen LogP contribution in [0.5, 0.6) is 0 Å². The lowest BCUT2D eigenvalue weighted by atomic mass is 10.2. The number of aromatic nitrogens is 1. The highest BCUT2D eigenvalue weighted by molar-refractivity contribution is 6.34. The Morgan fingerprint density at radius 2 is 2.00 bits per heavy atom. The van der Waals surface area contributed by atoms with Crippen molar-refractivity contribution in [1.29, 1.82) is 0 Å². The Morgan fingerprint density at radius 3 is 2.67 bits per heavy atom. The minimum Gasteiger partial charge on any atom is -0.322 e. The van der Waals surface area contributed by atoms with Crippen LogP contribution in [0, 0.1) is 6.92 Å². The Balaban J connectivity index is 2.22. The second-order valence-corrected chi connectivity index (χ2v) is 4.59. The molecule has 1 amide bonds. The van der Waals surface area contributed by atoms with Gasteiger partial charge in [-0.3, -0.25) is 9.78 Å². The van der Waals surface area contributed by atoms with Crippen LogP contribution >= 0.6 is 23.2 Å². The van der Waals surface area contributed by atoms with Crippen molar-refractivity contribution in [2.24, 2.45) is 0 Å². The van der Waals surface area contributed by atoms with Gasteiger partial charge in [0.2, 0.25) is 0 Å². The molecule has 3 nitrogen and oxygen atoms in total. The number of carbonyl (C=O) groups excluding carboxylic acids is 1. The molecule has 0 aliphatic heterocycles. The molecule has 0 aliphatic carbocycles. The van der Waals surface area contributed by atoms with Crippen LogP contribution in [0.1, 0.15) is 15.9 Å². The summed E-state index contributed by atoms with van der Waals surface area (Å²) in [4.78, 5) is 15.8. The molecule has 0 spiro atoms. The summed E-state index contributed by atoms with van der Waals surface area (Å²) in [6.45, 7) is 1.89. The zero-order valence-corrected chi connectivity index (χ0v) is 11.1. The molecule has 1 N–H and O–H groups in total. The fourth-order valence-electron chi connectivity index (χ4n) is 1.41. The fourth-order valence-corrected chi connectivity index (χ4v) is 1.79. The predicted octanol–water partition coefficient (Wildman–Crippen LogP) is 3.95. The lowest BCUT2D eigenvalue weighted by molar-refractivity contribution is 0.102. The first-order chi connectivity index (χ1) is 8.58. The van der Waals surface area contributed by atoms with Gasteiger partial charge in [0.05, 0.1) is 10.6 Å².